The number of rotatable bonds is 4. The van der Waals surface area contributed by atoms with Crippen LogP contribution < -0.4 is 5.56 Å². The summed E-state index contributed by atoms with van der Waals surface area (Å²) in [4.78, 5) is 43.9. The number of amides is 2. The maximum Gasteiger partial charge on any atom is 0.421 e. The number of carbonyl (C=O) groups is 2. The van der Waals surface area contributed by atoms with Gasteiger partial charge in [0.05, 0.1) is 6.42 Å². The molecule has 7 nitrogen and oxygen atoms in total. The predicted octanol–water partition coefficient (Wildman–Crippen LogP) is 1.18. The van der Waals surface area contributed by atoms with E-state index in [9.17, 15) is 27.6 Å². The molecule has 29 heavy (non-hydrogen) atoms. The first-order valence-electron chi connectivity index (χ1n) is 8.98. The second-order valence-corrected chi connectivity index (χ2v) is 6.61. The van der Waals surface area contributed by atoms with Crippen molar-refractivity contribution in [3.05, 3.63) is 64.3 Å². The molecule has 0 saturated carbocycles. The van der Waals surface area contributed by atoms with E-state index < -0.39 is 29.8 Å². The van der Waals surface area contributed by atoms with Gasteiger partial charge in [-0.15, -0.1) is 0 Å². The van der Waals surface area contributed by atoms with Gasteiger partial charge in [-0.1, -0.05) is 6.07 Å². The highest BCUT2D eigenvalue weighted by Crippen LogP contribution is 2.26. The molecule has 0 aliphatic carbocycles. The number of hydrogen-bond acceptors (Lipinski definition) is 4. The zero-order chi connectivity index (χ0) is 21.0. The average Bonchev–Trinajstić information content (AvgIpc) is 2.69. The van der Waals surface area contributed by atoms with Crippen LogP contribution in [0.15, 0.2) is 47.5 Å². The summed E-state index contributed by atoms with van der Waals surface area (Å²) in [6, 6.07) is 7.08. The third kappa shape index (κ3) is 5.01. The van der Waals surface area contributed by atoms with E-state index in [1.54, 1.807) is 29.3 Å². The van der Waals surface area contributed by atoms with Gasteiger partial charge in [0.15, 0.2) is 0 Å². The van der Waals surface area contributed by atoms with Crippen LogP contribution in [0.4, 0.5) is 13.2 Å². The minimum absolute atomic E-state index is 0.107. The largest absolute Gasteiger partial charge is 0.421 e. The Hall–Kier alpha value is -3.17. The molecular formula is C19H19F3N4O3. The molecule has 0 atom stereocenters. The van der Waals surface area contributed by atoms with E-state index in [1.807, 2.05) is 0 Å². The van der Waals surface area contributed by atoms with Gasteiger partial charge in [0.2, 0.25) is 11.8 Å². The summed E-state index contributed by atoms with van der Waals surface area (Å²) in [6.07, 6.45) is -1.85. The molecule has 1 fully saturated rings. The molecule has 0 radical (unpaired) electrons. The summed E-state index contributed by atoms with van der Waals surface area (Å²) in [6.45, 7) is 0.648. The highest BCUT2D eigenvalue weighted by atomic mass is 19.4. The Balaban J connectivity index is 1.57. The molecule has 1 aliphatic heterocycles. The second kappa shape index (κ2) is 8.46. The molecule has 2 amide bonds. The molecule has 0 spiro atoms. The van der Waals surface area contributed by atoms with E-state index >= 15 is 0 Å². The van der Waals surface area contributed by atoms with Gasteiger partial charge in [-0.3, -0.25) is 19.4 Å². The van der Waals surface area contributed by atoms with Gasteiger partial charge in [0.1, 0.15) is 12.1 Å². The fraction of sp³-hybridized carbons (Fsp3) is 0.368. The topological polar surface area (TPSA) is 75.5 Å². The number of carbonyl (C=O) groups excluding carboxylic acids is 2. The molecule has 0 N–H and O–H groups in total. The first kappa shape index (κ1) is 20.6. The molecule has 0 bridgehead atoms. The van der Waals surface area contributed by atoms with Crippen LogP contribution in [0.25, 0.3) is 0 Å². The molecule has 2 aromatic rings. The molecule has 2 aromatic heterocycles. The van der Waals surface area contributed by atoms with E-state index in [2.05, 4.69) is 4.98 Å². The highest BCUT2D eigenvalue weighted by Gasteiger charge is 2.34. The first-order valence-corrected chi connectivity index (χ1v) is 8.98. The molecular weight excluding hydrogens is 389 g/mol. The van der Waals surface area contributed by atoms with Crippen LogP contribution in [0.1, 0.15) is 11.3 Å². The minimum atomic E-state index is -4.78. The first-order chi connectivity index (χ1) is 13.8. The monoisotopic (exact) mass is 408 g/mol. The van der Waals surface area contributed by atoms with Crippen LogP contribution in [-0.4, -0.2) is 57.3 Å². The molecule has 3 heterocycles. The van der Waals surface area contributed by atoms with Crippen LogP contribution in [-0.2, 0) is 28.7 Å². The third-order valence-corrected chi connectivity index (χ3v) is 4.67. The summed E-state index contributed by atoms with van der Waals surface area (Å²) in [5.41, 5.74) is -1.91. The Morgan fingerprint density at radius 3 is 2.21 bits per heavy atom. The SMILES string of the molecule is O=C(Cc1ccccn1)N1CCN(C(=O)Cn2cccc(C(F)(F)F)c2=O)CC1. The molecule has 0 unspecified atom stereocenters. The molecule has 1 aliphatic rings. The van der Waals surface area contributed by atoms with Crippen molar-refractivity contribution in [2.24, 2.45) is 0 Å². The van der Waals surface area contributed by atoms with Gasteiger partial charge < -0.3 is 14.4 Å². The molecule has 3 rings (SSSR count). The van der Waals surface area contributed by atoms with E-state index in [1.165, 1.54) is 4.90 Å². The lowest BCUT2D eigenvalue weighted by molar-refractivity contribution is -0.140. The number of aromatic nitrogens is 2. The number of hydrogen-bond donors (Lipinski definition) is 0. The zero-order valence-corrected chi connectivity index (χ0v) is 15.4. The summed E-state index contributed by atoms with van der Waals surface area (Å²) in [5, 5.41) is 0. The maximum absolute atomic E-state index is 12.8. The van der Waals surface area contributed by atoms with Gasteiger partial charge >= 0.3 is 6.18 Å². The average molecular weight is 408 g/mol. The molecule has 0 aromatic carbocycles. The summed E-state index contributed by atoms with van der Waals surface area (Å²) in [5.74, 6) is -0.576. The quantitative estimate of drug-likeness (QED) is 0.761. The van der Waals surface area contributed by atoms with E-state index in [4.69, 9.17) is 0 Å². The molecule has 1 saturated heterocycles. The van der Waals surface area contributed by atoms with Crippen LogP contribution in [0.2, 0.25) is 0 Å². The number of nitrogens with zero attached hydrogens (tertiary/aromatic N) is 4. The zero-order valence-electron chi connectivity index (χ0n) is 15.4. The van der Waals surface area contributed by atoms with Gasteiger partial charge in [-0.2, -0.15) is 13.2 Å². The Kier molecular flexibility index (Phi) is 6.00. The van der Waals surface area contributed by atoms with Crippen LogP contribution in [0.3, 0.4) is 0 Å². The lowest BCUT2D eigenvalue weighted by Crippen LogP contribution is -2.52. The van der Waals surface area contributed by atoms with E-state index in [0.717, 1.165) is 16.8 Å². The molecule has 154 valence electrons. The van der Waals surface area contributed by atoms with Gasteiger partial charge in [-0.25, -0.2) is 0 Å². The van der Waals surface area contributed by atoms with Crippen molar-refractivity contribution < 1.29 is 22.8 Å². The van der Waals surface area contributed by atoms with Crippen molar-refractivity contribution in [3.63, 3.8) is 0 Å². The van der Waals surface area contributed by atoms with Crippen molar-refractivity contribution >= 4 is 11.8 Å². The third-order valence-electron chi connectivity index (χ3n) is 4.67. The summed E-state index contributed by atoms with van der Waals surface area (Å²) >= 11 is 0. The van der Waals surface area contributed by atoms with Gasteiger partial charge in [-0.05, 0) is 24.3 Å². The van der Waals surface area contributed by atoms with Gasteiger partial charge in [0, 0.05) is 44.3 Å². The fourth-order valence-electron chi connectivity index (χ4n) is 3.10. The highest BCUT2D eigenvalue weighted by molar-refractivity contribution is 5.79. The second-order valence-electron chi connectivity index (χ2n) is 6.61. The Morgan fingerprint density at radius 2 is 1.62 bits per heavy atom. The van der Waals surface area contributed by atoms with Crippen molar-refractivity contribution in [3.8, 4) is 0 Å². The van der Waals surface area contributed by atoms with Gasteiger partial charge in [0.25, 0.3) is 5.56 Å². The number of halogens is 3. The smallest absolute Gasteiger partial charge is 0.339 e. The Bertz CT molecular complexity index is 936. The Morgan fingerprint density at radius 1 is 0.966 bits per heavy atom. The number of alkyl halides is 3. The fourth-order valence-corrected chi connectivity index (χ4v) is 3.10. The van der Waals surface area contributed by atoms with Crippen LogP contribution in [0, 0.1) is 0 Å². The van der Waals surface area contributed by atoms with Crippen molar-refractivity contribution in [2.75, 3.05) is 26.2 Å². The Labute approximate surface area is 164 Å². The standard InChI is InChI=1S/C19H19F3N4O3/c20-19(21,22)15-5-3-7-26(18(15)29)13-17(28)25-10-8-24(9-11-25)16(27)12-14-4-1-2-6-23-14/h1-7H,8-13H2. The summed E-state index contributed by atoms with van der Waals surface area (Å²) in [7, 11) is 0. The lowest BCUT2D eigenvalue weighted by atomic mass is 10.2. The van der Waals surface area contributed by atoms with Crippen molar-refractivity contribution in [1.29, 1.82) is 0 Å². The lowest BCUT2D eigenvalue weighted by Gasteiger charge is -2.35. The molecule has 10 heteroatoms. The maximum atomic E-state index is 12.8. The normalized spacial score (nSPS) is 14.7. The van der Waals surface area contributed by atoms with E-state index in [0.29, 0.717) is 24.8 Å². The van der Waals surface area contributed by atoms with Crippen molar-refractivity contribution in [1.82, 2.24) is 19.4 Å². The number of pyridine rings is 2. The van der Waals surface area contributed by atoms with E-state index in [-0.39, 0.29) is 25.4 Å². The van der Waals surface area contributed by atoms with Crippen LogP contribution >= 0.6 is 0 Å². The summed E-state index contributed by atoms with van der Waals surface area (Å²) < 4.78 is 39.3. The number of piperazine rings is 1. The van der Waals surface area contributed by atoms with Crippen molar-refractivity contribution in [2.45, 2.75) is 19.1 Å². The predicted molar refractivity (Wildman–Crippen MR) is 96.8 cm³/mol. The minimum Gasteiger partial charge on any atom is -0.339 e. The van der Waals surface area contributed by atoms with Crippen LogP contribution in [0.5, 0.6) is 0 Å².